The van der Waals surface area contributed by atoms with Crippen molar-refractivity contribution in [2.75, 3.05) is 12.3 Å². The van der Waals surface area contributed by atoms with Gasteiger partial charge in [-0.1, -0.05) is 45.0 Å². The van der Waals surface area contributed by atoms with E-state index in [0.29, 0.717) is 0 Å². The average molecular weight is 419 g/mol. The Balaban J connectivity index is 1.90. The second-order valence-electron chi connectivity index (χ2n) is 8.59. The Morgan fingerprint density at radius 3 is 2.62 bits per heavy atom. The van der Waals surface area contributed by atoms with Gasteiger partial charge in [0.2, 0.25) is 0 Å². The number of rotatable bonds is 5. The fraction of sp³-hybridized carbons (Fsp3) is 0.320. The first kappa shape index (κ1) is 20.1. The third-order valence-electron chi connectivity index (χ3n) is 6.11. The Morgan fingerprint density at radius 2 is 1.90 bits per heavy atom. The van der Waals surface area contributed by atoms with Crippen LogP contribution in [0.2, 0.25) is 13.1 Å². The highest BCUT2D eigenvalue weighted by Crippen LogP contribution is 2.42. The first-order valence-corrected chi connectivity index (χ1v) is 14.5. The van der Waals surface area contributed by atoms with Gasteiger partial charge in [0.1, 0.15) is 8.07 Å². The molecule has 0 radical (unpaired) electrons. The molecular formula is C25H30N2SSi. The number of anilines is 1. The van der Waals surface area contributed by atoms with Gasteiger partial charge in [-0.15, -0.1) is 0 Å². The lowest BCUT2D eigenvalue weighted by Gasteiger charge is -2.38. The predicted octanol–water partition coefficient (Wildman–Crippen LogP) is 6.04. The SMILES string of the molecule is CCCCCN=C1C=CC2=C(c3cscc3C)c3ccc(N)cc3[Si](C)(C)C2=C1. The molecule has 2 heterocycles. The molecule has 4 heteroatoms. The third kappa shape index (κ3) is 3.60. The van der Waals surface area contributed by atoms with Crippen LogP contribution in [0.3, 0.4) is 0 Å². The van der Waals surface area contributed by atoms with Crippen LogP contribution in [0.15, 0.2) is 62.9 Å². The first-order valence-electron chi connectivity index (χ1n) is 10.6. The minimum absolute atomic E-state index is 0.856. The predicted molar refractivity (Wildman–Crippen MR) is 132 cm³/mol. The van der Waals surface area contributed by atoms with Crippen LogP contribution in [-0.2, 0) is 0 Å². The number of unbranched alkanes of at least 4 members (excludes halogenated alkanes) is 2. The molecule has 1 aromatic heterocycles. The smallest absolute Gasteiger partial charge is 0.114 e. The number of aliphatic imine (C=N–C) groups is 1. The molecule has 0 spiro atoms. The standard InChI is InChI=1S/C25H30N2SSi/c1-5-6-7-12-27-19-9-11-21-24(14-19)29(3,4)23-13-18(26)8-10-20(23)25(21)22-16-28-15-17(22)2/h8-11,13-16H,5-7,12,26H2,1-4H3. The molecular weight excluding hydrogens is 388 g/mol. The molecule has 1 aliphatic carbocycles. The topological polar surface area (TPSA) is 38.4 Å². The summed E-state index contributed by atoms with van der Waals surface area (Å²) in [5.74, 6) is 0. The Morgan fingerprint density at radius 1 is 1.07 bits per heavy atom. The van der Waals surface area contributed by atoms with Gasteiger partial charge in [-0.3, -0.25) is 4.99 Å². The number of nitrogens with zero attached hydrogens (tertiary/aromatic N) is 1. The number of thiophene rings is 1. The van der Waals surface area contributed by atoms with Crippen LogP contribution in [0, 0.1) is 6.92 Å². The van der Waals surface area contributed by atoms with E-state index in [2.05, 4.69) is 68.1 Å². The molecule has 2 aromatic rings. The molecule has 1 aliphatic heterocycles. The molecule has 4 rings (SSSR count). The maximum absolute atomic E-state index is 6.24. The van der Waals surface area contributed by atoms with Crippen LogP contribution >= 0.6 is 11.3 Å². The van der Waals surface area contributed by atoms with Gasteiger partial charge in [0.25, 0.3) is 0 Å². The second-order valence-corrected chi connectivity index (χ2v) is 13.7. The number of nitrogen functional groups attached to an aromatic ring is 1. The minimum atomic E-state index is -1.88. The van der Waals surface area contributed by atoms with E-state index < -0.39 is 8.07 Å². The van der Waals surface area contributed by atoms with Crippen molar-refractivity contribution < 1.29 is 0 Å². The molecule has 1 aromatic carbocycles. The van der Waals surface area contributed by atoms with E-state index in [0.717, 1.165) is 17.9 Å². The molecule has 2 N–H and O–H groups in total. The highest BCUT2D eigenvalue weighted by atomic mass is 32.1. The number of nitrogens with two attached hydrogens (primary N) is 1. The van der Waals surface area contributed by atoms with Crippen LogP contribution in [-0.4, -0.2) is 20.3 Å². The minimum Gasteiger partial charge on any atom is -0.399 e. The fourth-order valence-electron chi connectivity index (χ4n) is 4.43. The van der Waals surface area contributed by atoms with Gasteiger partial charge >= 0.3 is 0 Å². The van der Waals surface area contributed by atoms with Crippen molar-refractivity contribution in [3.8, 4) is 0 Å². The number of hydrogen-bond donors (Lipinski definition) is 1. The maximum Gasteiger partial charge on any atom is 0.114 e. The third-order valence-corrected chi connectivity index (χ3v) is 10.5. The molecule has 0 unspecified atom stereocenters. The van der Waals surface area contributed by atoms with Crippen molar-refractivity contribution in [2.45, 2.75) is 46.2 Å². The lowest BCUT2D eigenvalue weighted by Crippen LogP contribution is -2.49. The van der Waals surface area contributed by atoms with Crippen molar-refractivity contribution in [2.24, 2.45) is 4.99 Å². The second kappa shape index (κ2) is 7.92. The summed E-state index contributed by atoms with van der Waals surface area (Å²) in [5.41, 5.74) is 15.0. The van der Waals surface area contributed by atoms with Crippen molar-refractivity contribution >= 4 is 41.6 Å². The van der Waals surface area contributed by atoms with Crippen LogP contribution in [0.4, 0.5) is 5.69 Å². The monoisotopic (exact) mass is 418 g/mol. The summed E-state index contributed by atoms with van der Waals surface area (Å²) in [7, 11) is -1.88. The fourth-order valence-corrected chi connectivity index (χ4v) is 8.36. The maximum atomic E-state index is 6.24. The molecule has 0 saturated carbocycles. The van der Waals surface area contributed by atoms with E-state index in [1.807, 2.05) is 6.07 Å². The largest absolute Gasteiger partial charge is 0.399 e. The summed E-state index contributed by atoms with van der Waals surface area (Å²) in [5, 5.41) is 7.45. The van der Waals surface area contributed by atoms with E-state index in [1.54, 1.807) is 11.3 Å². The molecule has 2 aliphatic rings. The Labute approximate surface area is 179 Å². The highest BCUT2D eigenvalue weighted by Gasteiger charge is 2.39. The summed E-state index contributed by atoms with van der Waals surface area (Å²) >= 11 is 1.78. The van der Waals surface area contributed by atoms with E-state index in [-0.39, 0.29) is 0 Å². The van der Waals surface area contributed by atoms with Crippen molar-refractivity contribution in [1.82, 2.24) is 0 Å². The zero-order chi connectivity index (χ0) is 20.6. The molecule has 0 fully saturated rings. The van der Waals surface area contributed by atoms with Crippen LogP contribution in [0.5, 0.6) is 0 Å². The molecule has 0 amide bonds. The van der Waals surface area contributed by atoms with Gasteiger partial charge in [-0.05, 0) is 86.6 Å². The van der Waals surface area contributed by atoms with E-state index >= 15 is 0 Å². The number of hydrogen-bond acceptors (Lipinski definition) is 3. The Kier molecular flexibility index (Phi) is 5.49. The summed E-state index contributed by atoms with van der Waals surface area (Å²) in [6.07, 6.45) is 10.5. The van der Waals surface area contributed by atoms with Gasteiger partial charge in [0.05, 0.1) is 5.71 Å². The summed E-state index contributed by atoms with van der Waals surface area (Å²) < 4.78 is 0. The zero-order valence-electron chi connectivity index (χ0n) is 17.9. The van der Waals surface area contributed by atoms with E-state index in [1.165, 1.54) is 57.5 Å². The summed E-state index contributed by atoms with van der Waals surface area (Å²) in [6.45, 7) is 10.3. The normalized spacial score (nSPS) is 18.6. The summed E-state index contributed by atoms with van der Waals surface area (Å²) in [6, 6.07) is 6.50. The molecule has 0 saturated heterocycles. The quantitative estimate of drug-likeness (QED) is 0.359. The van der Waals surface area contributed by atoms with Gasteiger partial charge in [0.15, 0.2) is 0 Å². The number of aryl methyl sites for hydroxylation is 1. The molecule has 2 nitrogen and oxygen atoms in total. The molecule has 29 heavy (non-hydrogen) atoms. The van der Waals surface area contributed by atoms with Gasteiger partial charge in [-0.25, -0.2) is 0 Å². The van der Waals surface area contributed by atoms with E-state index in [9.17, 15) is 0 Å². The van der Waals surface area contributed by atoms with Crippen molar-refractivity contribution in [3.63, 3.8) is 0 Å². The number of fused-ring (bicyclic) bond motifs is 2. The molecule has 0 atom stereocenters. The Hall–Kier alpha value is -2.17. The van der Waals surface area contributed by atoms with Crippen molar-refractivity contribution in [1.29, 1.82) is 0 Å². The van der Waals surface area contributed by atoms with Crippen LogP contribution < -0.4 is 10.9 Å². The van der Waals surface area contributed by atoms with Crippen molar-refractivity contribution in [3.05, 3.63) is 74.6 Å². The molecule has 150 valence electrons. The first-order chi connectivity index (χ1) is 13.9. The van der Waals surface area contributed by atoms with Crippen LogP contribution in [0.1, 0.15) is 42.9 Å². The number of allylic oxidation sites excluding steroid dienone is 5. The van der Waals surface area contributed by atoms with Crippen LogP contribution in [0.25, 0.3) is 5.57 Å². The lowest BCUT2D eigenvalue weighted by molar-refractivity contribution is 0.728. The average Bonchev–Trinajstić information content (AvgIpc) is 3.12. The highest BCUT2D eigenvalue weighted by molar-refractivity contribution is 7.08. The van der Waals surface area contributed by atoms with Gasteiger partial charge in [0, 0.05) is 12.2 Å². The number of benzene rings is 1. The van der Waals surface area contributed by atoms with Gasteiger partial charge in [-0.2, -0.15) is 11.3 Å². The van der Waals surface area contributed by atoms with Gasteiger partial charge < -0.3 is 5.73 Å². The summed E-state index contributed by atoms with van der Waals surface area (Å²) in [4.78, 5) is 4.89. The lowest BCUT2D eigenvalue weighted by atomic mass is 9.89. The van der Waals surface area contributed by atoms with E-state index in [4.69, 9.17) is 10.7 Å². The zero-order valence-corrected chi connectivity index (χ0v) is 19.7. The Bertz CT molecular complexity index is 1070. The molecule has 0 bridgehead atoms.